The number of benzene rings is 1. The van der Waals surface area contributed by atoms with E-state index in [1.807, 2.05) is 6.92 Å². The van der Waals surface area contributed by atoms with Gasteiger partial charge in [-0.2, -0.15) is 13.2 Å². The summed E-state index contributed by atoms with van der Waals surface area (Å²) >= 11 is 0. The molecule has 2 amide bonds. The SMILES string of the molecule is CCCNC(=O)Nc1cccc(C(F)(F)F)c1. The minimum atomic E-state index is -4.41. The van der Waals surface area contributed by atoms with E-state index in [2.05, 4.69) is 10.6 Å². The average molecular weight is 246 g/mol. The van der Waals surface area contributed by atoms with Crippen molar-refractivity contribution < 1.29 is 18.0 Å². The lowest BCUT2D eigenvalue weighted by Crippen LogP contribution is -2.29. The monoisotopic (exact) mass is 246 g/mol. The molecule has 3 nitrogen and oxygen atoms in total. The van der Waals surface area contributed by atoms with E-state index in [0.29, 0.717) is 6.54 Å². The molecule has 2 N–H and O–H groups in total. The first-order valence-corrected chi connectivity index (χ1v) is 5.15. The molecular weight excluding hydrogens is 233 g/mol. The Hall–Kier alpha value is -1.72. The highest BCUT2D eigenvalue weighted by Gasteiger charge is 2.30. The summed E-state index contributed by atoms with van der Waals surface area (Å²) in [5, 5.41) is 4.85. The number of amides is 2. The van der Waals surface area contributed by atoms with Crippen molar-refractivity contribution in [1.82, 2.24) is 5.32 Å². The zero-order valence-corrected chi connectivity index (χ0v) is 9.27. The van der Waals surface area contributed by atoms with Gasteiger partial charge in [-0.25, -0.2) is 4.79 Å². The molecular formula is C11H13F3N2O. The smallest absolute Gasteiger partial charge is 0.338 e. The summed E-state index contributed by atoms with van der Waals surface area (Å²) in [5.41, 5.74) is -0.667. The van der Waals surface area contributed by atoms with Crippen LogP contribution in [-0.2, 0) is 6.18 Å². The molecule has 0 unspecified atom stereocenters. The Balaban J connectivity index is 2.69. The molecule has 0 radical (unpaired) electrons. The van der Waals surface area contributed by atoms with Gasteiger partial charge in [0.25, 0.3) is 0 Å². The van der Waals surface area contributed by atoms with Crippen LogP contribution < -0.4 is 10.6 Å². The third-order valence-electron chi connectivity index (χ3n) is 1.98. The fraction of sp³-hybridized carbons (Fsp3) is 0.364. The van der Waals surface area contributed by atoms with E-state index < -0.39 is 17.8 Å². The maximum Gasteiger partial charge on any atom is 0.416 e. The highest BCUT2D eigenvalue weighted by molar-refractivity contribution is 5.89. The lowest BCUT2D eigenvalue weighted by molar-refractivity contribution is -0.137. The molecule has 0 aromatic heterocycles. The van der Waals surface area contributed by atoms with Crippen molar-refractivity contribution in [3.05, 3.63) is 29.8 Å². The van der Waals surface area contributed by atoms with E-state index in [1.54, 1.807) is 0 Å². The minimum Gasteiger partial charge on any atom is -0.338 e. The highest BCUT2D eigenvalue weighted by Crippen LogP contribution is 2.30. The van der Waals surface area contributed by atoms with Gasteiger partial charge >= 0.3 is 12.2 Å². The Morgan fingerprint density at radius 3 is 2.65 bits per heavy atom. The molecule has 0 atom stereocenters. The summed E-state index contributed by atoms with van der Waals surface area (Å²) in [6.07, 6.45) is -3.65. The van der Waals surface area contributed by atoms with Crippen molar-refractivity contribution in [3.8, 4) is 0 Å². The van der Waals surface area contributed by atoms with Gasteiger partial charge in [-0.1, -0.05) is 13.0 Å². The van der Waals surface area contributed by atoms with Gasteiger partial charge < -0.3 is 10.6 Å². The van der Waals surface area contributed by atoms with Crippen LogP contribution in [-0.4, -0.2) is 12.6 Å². The Morgan fingerprint density at radius 2 is 2.06 bits per heavy atom. The zero-order chi connectivity index (χ0) is 12.9. The number of anilines is 1. The molecule has 1 rings (SSSR count). The number of halogens is 3. The Bertz CT molecular complexity index is 391. The van der Waals surface area contributed by atoms with E-state index in [1.165, 1.54) is 12.1 Å². The molecule has 0 spiro atoms. The van der Waals surface area contributed by atoms with E-state index in [4.69, 9.17) is 0 Å². The topological polar surface area (TPSA) is 41.1 Å². The number of hydrogen-bond acceptors (Lipinski definition) is 1. The molecule has 0 bridgehead atoms. The fourth-order valence-corrected chi connectivity index (χ4v) is 1.19. The van der Waals surface area contributed by atoms with Crippen LogP contribution in [0.1, 0.15) is 18.9 Å². The summed E-state index contributed by atoms with van der Waals surface area (Å²) in [4.78, 5) is 11.2. The maximum atomic E-state index is 12.4. The van der Waals surface area contributed by atoms with Crippen LogP contribution in [0.3, 0.4) is 0 Å². The number of carbonyl (C=O) groups excluding carboxylic acids is 1. The second-order valence-corrected chi connectivity index (χ2v) is 3.46. The number of rotatable bonds is 3. The number of hydrogen-bond donors (Lipinski definition) is 2. The summed E-state index contributed by atoms with van der Waals surface area (Å²) in [6, 6.07) is 3.99. The van der Waals surface area contributed by atoms with Gasteiger partial charge in [0.05, 0.1) is 5.56 Å². The summed E-state index contributed by atoms with van der Waals surface area (Å²) in [7, 11) is 0. The minimum absolute atomic E-state index is 0.119. The first-order chi connectivity index (χ1) is 7.93. The van der Waals surface area contributed by atoms with E-state index in [9.17, 15) is 18.0 Å². The zero-order valence-electron chi connectivity index (χ0n) is 9.27. The van der Waals surface area contributed by atoms with Crippen molar-refractivity contribution >= 4 is 11.7 Å². The molecule has 0 saturated heterocycles. The van der Waals surface area contributed by atoms with E-state index in [0.717, 1.165) is 18.6 Å². The lowest BCUT2D eigenvalue weighted by Gasteiger charge is -2.10. The maximum absolute atomic E-state index is 12.4. The Morgan fingerprint density at radius 1 is 1.35 bits per heavy atom. The Kier molecular flexibility index (Phi) is 4.37. The van der Waals surface area contributed by atoms with Gasteiger partial charge in [-0.05, 0) is 24.6 Å². The molecule has 1 aromatic rings. The quantitative estimate of drug-likeness (QED) is 0.844. The molecule has 1 aromatic carbocycles. The van der Waals surface area contributed by atoms with Crippen LogP contribution in [0.5, 0.6) is 0 Å². The van der Waals surface area contributed by atoms with Gasteiger partial charge in [0.2, 0.25) is 0 Å². The van der Waals surface area contributed by atoms with Crippen LogP contribution in [0.4, 0.5) is 23.7 Å². The summed E-state index contributed by atoms with van der Waals surface area (Å²) < 4.78 is 37.1. The molecule has 0 aliphatic carbocycles. The van der Waals surface area contributed by atoms with Crippen LogP contribution in [0.25, 0.3) is 0 Å². The first-order valence-electron chi connectivity index (χ1n) is 5.15. The molecule has 6 heteroatoms. The van der Waals surface area contributed by atoms with Gasteiger partial charge in [-0.15, -0.1) is 0 Å². The van der Waals surface area contributed by atoms with Crippen molar-refractivity contribution in [2.75, 3.05) is 11.9 Å². The van der Waals surface area contributed by atoms with Crippen molar-refractivity contribution in [2.24, 2.45) is 0 Å². The first kappa shape index (κ1) is 13.3. The van der Waals surface area contributed by atoms with Crippen molar-refractivity contribution in [2.45, 2.75) is 19.5 Å². The summed E-state index contributed by atoms with van der Waals surface area (Å²) in [6.45, 7) is 2.36. The molecule has 0 aliphatic rings. The normalized spacial score (nSPS) is 11.1. The standard InChI is InChI=1S/C11H13F3N2O/c1-2-6-15-10(17)16-9-5-3-4-8(7-9)11(12,13)14/h3-5,7H,2,6H2,1H3,(H2,15,16,17). The lowest BCUT2D eigenvalue weighted by atomic mass is 10.2. The van der Waals surface area contributed by atoms with Gasteiger partial charge in [0.15, 0.2) is 0 Å². The third kappa shape index (κ3) is 4.34. The molecule has 17 heavy (non-hydrogen) atoms. The van der Waals surface area contributed by atoms with E-state index in [-0.39, 0.29) is 5.69 Å². The van der Waals surface area contributed by atoms with Crippen molar-refractivity contribution in [3.63, 3.8) is 0 Å². The van der Waals surface area contributed by atoms with Crippen LogP contribution >= 0.6 is 0 Å². The van der Waals surface area contributed by atoms with Gasteiger partial charge in [0, 0.05) is 12.2 Å². The van der Waals surface area contributed by atoms with Crippen LogP contribution in [0.15, 0.2) is 24.3 Å². The van der Waals surface area contributed by atoms with Crippen molar-refractivity contribution in [1.29, 1.82) is 0 Å². The fourth-order valence-electron chi connectivity index (χ4n) is 1.19. The molecule has 0 fully saturated rings. The second kappa shape index (κ2) is 5.56. The predicted octanol–water partition coefficient (Wildman–Crippen LogP) is 3.24. The molecule has 0 saturated carbocycles. The van der Waals surface area contributed by atoms with Crippen LogP contribution in [0, 0.1) is 0 Å². The third-order valence-corrected chi connectivity index (χ3v) is 1.98. The highest BCUT2D eigenvalue weighted by atomic mass is 19.4. The molecule has 0 heterocycles. The second-order valence-electron chi connectivity index (χ2n) is 3.46. The summed E-state index contributed by atoms with van der Waals surface area (Å²) in [5.74, 6) is 0. The Labute approximate surface area is 97.0 Å². The number of carbonyl (C=O) groups is 1. The van der Waals surface area contributed by atoms with Gasteiger partial charge in [0.1, 0.15) is 0 Å². The van der Waals surface area contributed by atoms with Gasteiger partial charge in [-0.3, -0.25) is 0 Å². The largest absolute Gasteiger partial charge is 0.416 e. The molecule has 0 aliphatic heterocycles. The van der Waals surface area contributed by atoms with Crippen LogP contribution in [0.2, 0.25) is 0 Å². The number of nitrogens with one attached hydrogen (secondary N) is 2. The molecule has 94 valence electrons. The number of alkyl halides is 3. The average Bonchev–Trinajstić information content (AvgIpc) is 2.25. The van der Waals surface area contributed by atoms with E-state index >= 15 is 0 Å². The number of urea groups is 1. The predicted molar refractivity (Wildman–Crippen MR) is 58.8 cm³/mol.